The molecule has 0 amide bonds. The minimum atomic E-state index is -0.210. The van der Waals surface area contributed by atoms with E-state index in [0.717, 1.165) is 25.5 Å². The first-order valence-electron chi connectivity index (χ1n) is 6.34. The van der Waals surface area contributed by atoms with Crippen molar-refractivity contribution in [1.82, 2.24) is 4.98 Å². The second-order valence-corrected chi connectivity index (χ2v) is 5.98. The van der Waals surface area contributed by atoms with Crippen LogP contribution in [0.1, 0.15) is 0 Å². The zero-order chi connectivity index (χ0) is 13.9. The highest BCUT2D eigenvalue weighted by atomic mass is 127. The number of benzene rings is 2. The molecule has 1 N–H and O–H groups in total. The van der Waals surface area contributed by atoms with Crippen molar-refractivity contribution < 1.29 is 8.96 Å². The van der Waals surface area contributed by atoms with Crippen LogP contribution >= 0.6 is 22.6 Å². The van der Waals surface area contributed by atoms with Crippen molar-refractivity contribution in [2.24, 2.45) is 7.05 Å². The number of aromatic nitrogens is 2. The molecule has 20 heavy (non-hydrogen) atoms. The summed E-state index contributed by atoms with van der Waals surface area (Å²) in [5, 5.41) is 2.10. The molecule has 0 radical (unpaired) electrons. The maximum atomic E-state index is 14.0. The quantitative estimate of drug-likeness (QED) is 0.353. The molecule has 0 aliphatic heterocycles. The second-order valence-electron chi connectivity index (χ2n) is 4.90. The number of hydrogen-bond donors (Lipinski definition) is 1. The largest absolute Gasteiger partial charge is 0.346 e. The molecule has 2 aromatic heterocycles. The number of aryl methyl sites for hydroxylation is 1. The van der Waals surface area contributed by atoms with Gasteiger partial charge in [-0.3, -0.25) is 0 Å². The van der Waals surface area contributed by atoms with Crippen LogP contribution in [0.25, 0.3) is 32.8 Å². The minimum Gasteiger partial charge on any atom is -0.346 e. The van der Waals surface area contributed by atoms with Gasteiger partial charge in [0.2, 0.25) is 11.0 Å². The monoisotopic (exact) mass is 377 g/mol. The van der Waals surface area contributed by atoms with Crippen LogP contribution in [0.2, 0.25) is 0 Å². The Morgan fingerprint density at radius 2 is 1.75 bits per heavy atom. The summed E-state index contributed by atoms with van der Waals surface area (Å²) in [6.45, 7) is 0. The normalized spacial score (nSPS) is 11.8. The number of hydrogen-bond acceptors (Lipinski definition) is 0. The van der Waals surface area contributed by atoms with Gasteiger partial charge >= 0.3 is 0 Å². The van der Waals surface area contributed by atoms with E-state index >= 15 is 0 Å². The molecule has 2 nitrogen and oxygen atoms in total. The summed E-state index contributed by atoms with van der Waals surface area (Å²) in [5.41, 5.74) is 3.76. The lowest BCUT2D eigenvalue weighted by molar-refractivity contribution is -0.616. The van der Waals surface area contributed by atoms with E-state index in [2.05, 4.69) is 44.3 Å². The molecule has 0 aliphatic rings. The van der Waals surface area contributed by atoms with Crippen LogP contribution in [0.4, 0.5) is 4.39 Å². The number of nitrogens with zero attached hydrogens (tertiary/aromatic N) is 1. The summed E-state index contributed by atoms with van der Waals surface area (Å²) in [5.74, 6) is -0.210. The zero-order valence-electron chi connectivity index (χ0n) is 10.7. The molecule has 0 saturated carbocycles. The maximum absolute atomic E-state index is 14.0. The van der Waals surface area contributed by atoms with Crippen LogP contribution in [-0.4, -0.2) is 4.98 Å². The summed E-state index contributed by atoms with van der Waals surface area (Å²) < 4.78 is 17.3. The first-order valence-corrected chi connectivity index (χ1v) is 7.42. The molecule has 2 aromatic carbocycles. The van der Waals surface area contributed by atoms with Crippen LogP contribution < -0.4 is 4.57 Å². The highest BCUT2D eigenvalue weighted by Crippen LogP contribution is 2.31. The Balaban J connectivity index is 2.39. The fraction of sp³-hybridized carbons (Fsp3) is 0.0625. The van der Waals surface area contributed by atoms with Crippen LogP contribution in [0.3, 0.4) is 0 Å². The molecule has 0 atom stereocenters. The van der Waals surface area contributed by atoms with Gasteiger partial charge in [0, 0.05) is 6.07 Å². The van der Waals surface area contributed by atoms with E-state index in [1.54, 1.807) is 6.07 Å². The van der Waals surface area contributed by atoms with E-state index in [9.17, 15) is 4.39 Å². The number of fused-ring (bicyclic) bond motifs is 4. The topological polar surface area (TPSA) is 19.7 Å². The number of aromatic amines is 1. The van der Waals surface area contributed by atoms with Gasteiger partial charge < -0.3 is 4.98 Å². The molecule has 0 unspecified atom stereocenters. The molecule has 2 heterocycles. The van der Waals surface area contributed by atoms with Gasteiger partial charge in [0.05, 0.1) is 19.9 Å². The Hall–Kier alpha value is -1.69. The number of rotatable bonds is 0. The highest BCUT2D eigenvalue weighted by Gasteiger charge is 2.21. The summed E-state index contributed by atoms with van der Waals surface area (Å²) in [7, 11) is 2.03. The Bertz CT molecular complexity index is 988. The summed E-state index contributed by atoms with van der Waals surface area (Å²) in [6, 6.07) is 13.5. The number of pyridine rings is 1. The van der Waals surface area contributed by atoms with Gasteiger partial charge in [-0.15, -0.1) is 0 Å². The van der Waals surface area contributed by atoms with Crippen LogP contribution in [0.5, 0.6) is 0 Å². The van der Waals surface area contributed by atoms with E-state index in [-0.39, 0.29) is 5.82 Å². The molecular weight excluding hydrogens is 366 g/mol. The molecule has 4 heteroatoms. The molecule has 0 fully saturated rings. The van der Waals surface area contributed by atoms with Crippen molar-refractivity contribution in [3.05, 3.63) is 51.9 Å². The van der Waals surface area contributed by atoms with Gasteiger partial charge in [0.15, 0.2) is 0 Å². The predicted octanol–water partition coefficient (Wildman–Crippen LogP) is 4.04. The lowest BCUT2D eigenvalue weighted by atomic mass is 10.1. The minimum absolute atomic E-state index is 0.210. The van der Waals surface area contributed by atoms with E-state index in [1.807, 2.05) is 25.2 Å². The lowest BCUT2D eigenvalue weighted by Crippen LogP contribution is -2.30. The first-order chi connectivity index (χ1) is 9.68. The van der Waals surface area contributed by atoms with Crippen LogP contribution in [-0.2, 0) is 7.05 Å². The van der Waals surface area contributed by atoms with Crippen molar-refractivity contribution in [3.8, 4) is 0 Å². The van der Waals surface area contributed by atoms with Crippen LogP contribution in [0, 0.1) is 9.39 Å². The number of nitrogens with one attached hydrogen (secondary N) is 1. The first kappa shape index (κ1) is 12.1. The predicted molar refractivity (Wildman–Crippen MR) is 87.2 cm³/mol. The Morgan fingerprint density at radius 1 is 1.00 bits per heavy atom. The molecule has 0 saturated heterocycles. The number of halogens is 2. The molecular formula is C16H11FIN2+. The molecule has 98 valence electrons. The van der Waals surface area contributed by atoms with Gasteiger partial charge in [-0.2, -0.15) is 4.57 Å². The summed E-state index contributed by atoms with van der Waals surface area (Å²) in [6.07, 6.45) is 0. The van der Waals surface area contributed by atoms with E-state index < -0.39 is 0 Å². The van der Waals surface area contributed by atoms with Gasteiger partial charge in [-0.05, 0) is 40.8 Å². The van der Waals surface area contributed by atoms with Crippen molar-refractivity contribution in [1.29, 1.82) is 0 Å². The fourth-order valence-corrected chi connectivity index (χ4v) is 3.73. The molecule has 0 spiro atoms. The van der Waals surface area contributed by atoms with Crippen molar-refractivity contribution in [2.45, 2.75) is 0 Å². The van der Waals surface area contributed by atoms with Crippen molar-refractivity contribution in [3.63, 3.8) is 0 Å². The van der Waals surface area contributed by atoms with E-state index in [1.165, 1.54) is 11.5 Å². The highest BCUT2D eigenvalue weighted by molar-refractivity contribution is 14.1. The van der Waals surface area contributed by atoms with Gasteiger partial charge in [0.25, 0.3) is 0 Å². The number of H-pyrrole nitrogens is 1. The Labute approximate surface area is 128 Å². The SMILES string of the molecule is C[n+]1c2ccccc2c(I)c2[nH]c3c(F)cccc3c21. The Morgan fingerprint density at radius 3 is 2.60 bits per heavy atom. The number of para-hydroxylation sites is 2. The average Bonchev–Trinajstić information content (AvgIpc) is 2.86. The fourth-order valence-electron chi connectivity index (χ4n) is 2.88. The third-order valence-corrected chi connectivity index (χ3v) is 4.93. The standard InChI is InChI=1S/C16H10FIN2/c1-20-12-8-3-2-5-9(12)13(18)15-16(20)10-6-4-7-11(17)14(10)19-15/h2-8H,1H3/p+1. The Kier molecular flexibility index (Phi) is 2.51. The third-order valence-electron chi connectivity index (χ3n) is 3.81. The summed E-state index contributed by atoms with van der Waals surface area (Å²) >= 11 is 2.33. The molecule has 4 rings (SSSR count). The molecule has 0 aliphatic carbocycles. The van der Waals surface area contributed by atoms with Gasteiger partial charge in [0.1, 0.15) is 18.4 Å². The van der Waals surface area contributed by atoms with Gasteiger partial charge in [-0.1, -0.05) is 18.2 Å². The van der Waals surface area contributed by atoms with Crippen molar-refractivity contribution in [2.75, 3.05) is 0 Å². The van der Waals surface area contributed by atoms with E-state index in [0.29, 0.717) is 5.52 Å². The third kappa shape index (κ3) is 1.45. The molecule has 0 bridgehead atoms. The smallest absolute Gasteiger partial charge is 0.239 e. The van der Waals surface area contributed by atoms with E-state index in [4.69, 9.17) is 0 Å². The lowest BCUT2D eigenvalue weighted by Gasteiger charge is -2.01. The molecule has 4 aromatic rings. The van der Waals surface area contributed by atoms with Crippen LogP contribution in [0.15, 0.2) is 42.5 Å². The average molecular weight is 377 g/mol. The van der Waals surface area contributed by atoms with Gasteiger partial charge in [-0.25, -0.2) is 4.39 Å². The maximum Gasteiger partial charge on any atom is 0.239 e. The summed E-state index contributed by atoms with van der Waals surface area (Å²) in [4.78, 5) is 3.24. The second kappa shape index (κ2) is 4.15. The zero-order valence-corrected chi connectivity index (χ0v) is 12.9. The van der Waals surface area contributed by atoms with Crippen molar-refractivity contribution >= 4 is 55.4 Å².